The SMILES string of the molecule is CCOC(=O)C[C@H]1CCC[NH2+]C1. The van der Waals surface area contributed by atoms with Crippen LogP contribution in [0, 0.1) is 5.92 Å². The number of esters is 1. The fourth-order valence-electron chi connectivity index (χ4n) is 1.66. The highest BCUT2D eigenvalue weighted by atomic mass is 16.5. The van der Waals surface area contributed by atoms with Crippen molar-refractivity contribution < 1.29 is 14.8 Å². The number of nitrogens with two attached hydrogens (primary N) is 1. The van der Waals surface area contributed by atoms with Crippen LogP contribution in [0.1, 0.15) is 26.2 Å². The van der Waals surface area contributed by atoms with Gasteiger partial charge in [-0.1, -0.05) is 0 Å². The number of carbonyl (C=O) groups is 1. The molecule has 0 amide bonds. The number of ether oxygens (including phenoxy) is 1. The van der Waals surface area contributed by atoms with E-state index in [9.17, 15) is 4.79 Å². The van der Waals surface area contributed by atoms with E-state index < -0.39 is 0 Å². The van der Waals surface area contributed by atoms with Crippen LogP contribution in [0.3, 0.4) is 0 Å². The first kappa shape index (κ1) is 9.52. The first-order chi connectivity index (χ1) is 5.83. The van der Waals surface area contributed by atoms with E-state index in [1.807, 2.05) is 6.92 Å². The van der Waals surface area contributed by atoms with Gasteiger partial charge in [-0.2, -0.15) is 0 Å². The van der Waals surface area contributed by atoms with Gasteiger partial charge in [-0.25, -0.2) is 0 Å². The molecule has 1 saturated heterocycles. The van der Waals surface area contributed by atoms with E-state index in [0.717, 1.165) is 6.54 Å². The lowest BCUT2D eigenvalue weighted by atomic mass is 9.96. The van der Waals surface area contributed by atoms with Gasteiger partial charge in [0.2, 0.25) is 0 Å². The van der Waals surface area contributed by atoms with Gasteiger partial charge in [0.25, 0.3) is 0 Å². The summed E-state index contributed by atoms with van der Waals surface area (Å²) < 4.78 is 4.89. The van der Waals surface area contributed by atoms with Crippen molar-refractivity contribution in [3.8, 4) is 0 Å². The maximum atomic E-state index is 11.1. The van der Waals surface area contributed by atoms with E-state index in [2.05, 4.69) is 5.32 Å². The third-order valence-electron chi connectivity index (χ3n) is 2.28. The molecule has 1 fully saturated rings. The quantitative estimate of drug-likeness (QED) is 0.605. The van der Waals surface area contributed by atoms with Crippen molar-refractivity contribution in [1.82, 2.24) is 0 Å². The van der Waals surface area contributed by atoms with Gasteiger partial charge in [0.15, 0.2) is 0 Å². The summed E-state index contributed by atoms with van der Waals surface area (Å²) in [6, 6.07) is 0. The first-order valence-electron chi connectivity index (χ1n) is 4.80. The Morgan fingerprint density at radius 3 is 3.08 bits per heavy atom. The maximum absolute atomic E-state index is 11.1. The molecule has 0 bridgehead atoms. The van der Waals surface area contributed by atoms with Crippen LogP contribution in [0.2, 0.25) is 0 Å². The van der Waals surface area contributed by atoms with E-state index >= 15 is 0 Å². The topological polar surface area (TPSA) is 42.9 Å². The summed E-state index contributed by atoms with van der Waals surface area (Å²) in [5.41, 5.74) is 0. The molecular formula is C9H18NO2+. The summed E-state index contributed by atoms with van der Waals surface area (Å²) in [4.78, 5) is 11.1. The van der Waals surface area contributed by atoms with Gasteiger partial charge in [0, 0.05) is 5.92 Å². The molecule has 1 rings (SSSR count). The van der Waals surface area contributed by atoms with Gasteiger partial charge < -0.3 is 10.1 Å². The normalized spacial score (nSPS) is 23.6. The van der Waals surface area contributed by atoms with Crippen LogP contribution < -0.4 is 5.32 Å². The van der Waals surface area contributed by atoms with Crippen LogP contribution in [-0.4, -0.2) is 25.7 Å². The van der Waals surface area contributed by atoms with Crippen molar-refractivity contribution >= 4 is 5.97 Å². The van der Waals surface area contributed by atoms with E-state index in [1.54, 1.807) is 0 Å². The van der Waals surface area contributed by atoms with Gasteiger partial charge in [-0.15, -0.1) is 0 Å². The molecule has 12 heavy (non-hydrogen) atoms. The van der Waals surface area contributed by atoms with Crippen molar-refractivity contribution in [2.75, 3.05) is 19.7 Å². The second-order valence-electron chi connectivity index (χ2n) is 3.33. The van der Waals surface area contributed by atoms with Crippen LogP contribution in [0.25, 0.3) is 0 Å². The third kappa shape index (κ3) is 3.22. The second-order valence-corrected chi connectivity index (χ2v) is 3.33. The van der Waals surface area contributed by atoms with Gasteiger partial charge in [0.05, 0.1) is 26.1 Å². The Balaban J connectivity index is 2.15. The summed E-state index contributed by atoms with van der Waals surface area (Å²) in [5.74, 6) is 0.524. The molecule has 0 aromatic rings. The number of carbonyl (C=O) groups excluding carboxylic acids is 1. The molecule has 0 unspecified atom stereocenters. The molecule has 0 saturated carbocycles. The van der Waals surface area contributed by atoms with Crippen LogP contribution in [-0.2, 0) is 9.53 Å². The van der Waals surface area contributed by atoms with Crippen molar-refractivity contribution in [3.05, 3.63) is 0 Å². The Morgan fingerprint density at radius 2 is 2.50 bits per heavy atom. The molecule has 3 heteroatoms. The molecule has 1 aliphatic heterocycles. The number of hydrogen-bond donors (Lipinski definition) is 1. The molecule has 0 spiro atoms. The summed E-state index contributed by atoms with van der Waals surface area (Å²) in [6.45, 7) is 4.68. The largest absolute Gasteiger partial charge is 0.466 e. The number of quaternary nitrogens is 1. The van der Waals surface area contributed by atoms with Crippen LogP contribution >= 0.6 is 0 Å². The smallest absolute Gasteiger partial charge is 0.306 e. The zero-order valence-corrected chi connectivity index (χ0v) is 7.71. The molecule has 1 heterocycles. The lowest BCUT2D eigenvalue weighted by Gasteiger charge is -2.18. The molecule has 2 N–H and O–H groups in total. The van der Waals surface area contributed by atoms with Crippen LogP contribution in [0.4, 0.5) is 0 Å². The highest BCUT2D eigenvalue weighted by molar-refractivity contribution is 5.69. The van der Waals surface area contributed by atoms with Crippen LogP contribution in [0.5, 0.6) is 0 Å². The third-order valence-corrected chi connectivity index (χ3v) is 2.28. The lowest BCUT2D eigenvalue weighted by Crippen LogP contribution is -2.87. The molecule has 1 aliphatic rings. The Morgan fingerprint density at radius 1 is 1.67 bits per heavy atom. The van der Waals surface area contributed by atoms with E-state index in [0.29, 0.717) is 18.9 Å². The average Bonchev–Trinajstić information content (AvgIpc) is 2.06. The van der Waals surface area contributed by atoms with E-state index in [1.165, 1.54) is 19.4 Å². The minimum atomic E-state index is -0.0298. The van der Waals surface area contributed by atoms with Crippen molar-refractivity contribution in [2.45, 2.75) is 26.2 Å². The van der Waals surface area contributed by atoms with Gasteiger partial charge in [-0.3, -0.25) is 4.79 Å². The zero-order chi connectivity index (χ0) is 8.81. The van der Waals surface area contributed by atoms with Crippen molar-refractivity contribution in [2.24, 2.45) is 5.92 Å². The molecule has 1 atom stereocenters. The Labute approximate surface area is 73.5 Å². The average molecular weight is 172 g/mol. The Hall–Kier alpha value is -0.570. The van der Waals surface area contributed by atoms with E-state index in [-0.39, 0.29) is 5.97 Å². The molecule has 0 aromatic carbocycles. The summed E-state index contributed by atoms with van der Waals surface area (Å²) in [5, 5.41) is 2.29. The standard InChI is InChI=1S/C9H17NO2/c1-2-12-9(11)6-8-4-3-5-10-7-8/h8,10H,2-7H2,1H3/p+1/t8-/m1/s1. The van der Waals surface area contributed by atoms with Gasteiger partial charge in [0.1, 0.15) is 0 Å². The monoisotopic (exact) mass is 172 g/mol. The van der Waals surface area contributed by atoms with Crippen molar-refractivity contribution in [3.63, 3.8) is 0 Å². The first-order valence-corrected chi connectivity index (χ1v) is 4.80. The zero-order valence-electron chi connectivity index (χ0n) is 7.71. The molecule has 70 valence electrons. The molecule has 0 aliphatic carbocycles. The predicted molar refractivity (Wildman–Crippen MR) is 45.6 cm³/mol. The minimum absolute atomic E-state index is 0.0298. The Kier molecular flexibility index (Phi) is 4.08. The predicted octanol–water partition coefficient (Wildman–Crippen LogP) is -0.0870. The number of piperidine rings is 1. The summed E-state index contributed by atoms with van der Waals surface area (Å²) >= 11 is 0. The fourth-order valence-corrected chi connectivity index (χ4v) is 1.66. The van der Waals surface area contributed by atoms with Gasteiger partial charge in [-0.05, 0) is 19.8 Å². The maximum Gasteiger partial charge on any atom is 0.306 e. The van der Waals surface area contributed by atoms with Crippen LogP contribution in [0.15, 0.2) is 0 Å². The summed E-state index contributed by atoms with van der Waals surface area (Å²) in [6.07, 6.45) is 3.05. The highest BCUT2D eigenvalue weighted by Gasteiger charge is 2.19. The molecule has 0 radical (unpaired) electrons. The van der Waals surface area contributed by atoms with E-state index in [4.69, 9.17) is 4.74 Å². The second kappa shape index (κ2) is 5.14. The lowest BCUT2D eigenvalue weighted by molar-refractivity contribution is -0.668. The molecular weight excluding hydrogens is 154 g/mol. The summed E-state index contributed by atoms with van der Waals surface area (Å²) in [7, 11) is 0. The number of rotatable bonds is 3. The minimum Gasteiger partial charge on any atom is -0.466 e. The number of hydrogen-bond acceptors (Lipinski definition) is 2. The molecule has 3 nitrogen and oxygen atoms in total. The fraction of sp³-hybridized carbons (Fsp3) is 0.889. The Bertz CT molecular complexity index is 141. The van der Waals surface area contributed by atoms with Gasteiger partial charge >= 0.3 is 5.97 Å². The van der Waals surface area contributed by atoms with Crippen molar-refractivity contribution in [1.29, 1.82) is 0 Å². The highest BCUT2D eigenvalue weighted by Crippen LogP contribution is 2.11. The molecule has 0 aromatic heterocycles.